The molecule has 0 bridgehead atoms. The van der Waals surface area contributed by atoms with Crippen LogP contribution in [0.1, 0.15) is 46.0 Å². The molecule has 0 unspecified atom stereocenters. The largest absolute Gasteiger partial charge is 0.373 e. The number of hydrogen-bond acceptors (Lipinski definition) is 6. The summed E-state index contributed by atoms with van der Waals surface area (Å²) in [6.07, 6.45) is 22.0. The Balaban J connectivity index is 0.000000233. The summed E-state index contributed by atoms with van der Waals surface area (Å²) in [5.74, 6) is 1.65. The van der Waals surface area contributed by atoms with E-state index >= 15 is 0 Å². The number of hydrogen-bond donors (Lipinski definition) is 1. The van der Waals surface area contributed by atoms with E-state index in [1.807, 2.05) is 45.3 Å². The van der Waals surface area contributed by atoms with Crippen molar-refractivity contribution in [3.8, 4) is 24.1 Å². The lowest BCUT2D eigenvalue weighted by atomic mass is 9.86. The van der Waals surface area contributed by atoms with Crippen LogP contribution in [0.5, 0.6) is 0 Å². The summed E-state index contributed by atoms with van der Waals surface area (Å²) in [6.45, 7) is 13.1. The highest BCUT2D eigenvalue weighted by atomic mass is 15.3. The van der Waals surface area contributed by atoms with Gasteiger partial charge in [-0.2, -0.15) is 0 Å². The number of pyridine rings is 1. The van der Waals surface area contributed by atoms with Gasteiger partial charge in [-0.3, -0.25) is 9.97 Å². The number of aromatic nitrogens is 3. The SMILES string of the molecule is C#C.C=C(C1CCCCC1)N1CCN(C)CC1.CC.CNc1cc2cc(-c3cnccn3)ccc2cn1. The van der Waals surface area contributed by atoms with Gasteiger partial charge in [-0.25, -0.2) is 4.98 Å². The zero-order chi connectivity index (χ0) is 27.0. The van der Waals surface area contributed by atoms with E-state index in [0.717, 1.165) is 33.8 Å². The van der Waals surface area contributed by atoms with Crippen LogP contribution in [0.25, 0.3) is 22.0 Å². The molecule has 1 aromatic carbocycles. The topological polar surface area (TPSA) is 57.2 Å². The van der Waals surface area contributed by atoms with Gasteiger partial charge in [0, 0.05) is 68.5 Å². The zero-order valence-electron chi connectivity index (χ0n) is 23.2. The molecule has 0 atom stereocenters. The Hall–Kier alpha value is -3.43. The van der Waals surface area contributed by atoms with E-state index in [2.05, 4.69) is 62.6 Å². The molecule has 198 valence electrons. The van der Waals surface area contributed by atoms with Crippen molar-refractivity contribution in [2.75, 3.05) is 45.6 Å². The van der Waals surface area contributed by atoms with E-state index in [1.54, 1.807) is 18.6 Å². The number of likely N-dealkylation sites (N-methyl/N-ethyl adjacent to an activating group) is 1. The van der Waals surface area contributed by atoms with Gasteiger partial charge in [0.25, 0.3) is 0 Å². The Morgan fingerprint density at radius 1 is 0.919 bits per heavy atom. The first kappa shape index (κ1) is 29.8. The minimum atomic E-state index is 0.794. The molecule has 6 heteroatoms. The highest BCUT2D eigenvalue weighted by molar-refractivity contribution is 5.87. The number of piperazine rings is 1. The number of anilines is 1. The predicted octanol–water partition coefficient (Wildman–Crippen LogP) is 6.34. The van der Waals surface area contributed by atoms with Crippen LogP contribution in [0.4, 0.5) is 5.82 Å². The van der Waals surface area contributed by atoms with Gasteiger partial charge >= 0.3 is 0 Å². The molecule has 0 radical (unpaired) electrons. The summed E-state index contributed by atoms with van der Waals surface area (Å²) in [5.41, 5.74) is 3.37. The van der Waals surface area contributed by atoms with Gasteiger partial charge in [0.05, 0.1) is 11.9 Å². The van der Waals surface area contributed by atoms with Gasteiger partial charge in [0.15, 0.2) is 0 Å². The van der Waals surface area contributed by atoms with Crippen molar-refractivity contribution < 1.29 is 0 Å². The average Bonchev–Trinajstić information content (AvgIpc) is 3.00. The molecule has 37 heavy (non-hydrogen) atoms. The lowest BCUT2D eigenvalue weighted by Gasteiger charge is -2.39. The molecule has 1 aliphatic heterocycles. The van der Waals surface area contributed by atoms with Crippen molar-refractivity contribution in [3.63, 3.8) is 0 Å². The number of nitrogens with zero attached hydrogens (tertiary/aromatic N) is 5. The molecule has 1 saturated carbocycles. The zero-order valence-corrected chi connectivity index (χ0v) is 23.2. The summed E-state index contributed by atoms with van der Waals surface area (Å²) < 4.78 is 0. The van der Waals surface area contributed by atoms with Gasteiger partial charge in [-0.1, -0.05) is 51.8 Å². The van der Waals surface area contributed by atoms with E-state index in [4.69, 9.17) is 0 Å². The fourth-order valence-electron chi connectivity index (χ4n) is 4.67. The molecule has 1 aliphatic carbocycles. The minimum absolute atomic E-state index is 0.794. The molecule has 2 aromatic heterocycles. The number of benzene rings is 1. The molecule has 3 heterocycles. The van der Waals surface area contributed by atoms with Gasteiger partial charge in [-0.15, -0.1) is 12.8 Å². The smallest absolute Gasteiger partial charge is 0.126 e. The standard InChI is InChI=1S/C14H12N4.C13H24N2.C2H6.C2H2/c1-15-14-7-12-6-10(2-3-11(12)8-18-14)13-9-16-4-5-17-13;1-12(13-6-4-3-5-7-13)15-10-8-14(2)9-11-15;2*1-2/h2-9H,1H3,(H,15,18);13H,1,3-11H2,2H3;1-2H3;1-2H. The highest BCUT2D eigenvalue weighted by Gasteiger charge is 2.22. The molecule has 2 fully saturated rings. The second kappa shape index (κ2) is 16.3. The number of fused-ring (bicyclic) bond motifs is 1. The first-order chi connectivity index (χ1) is 18.1. The third-order valence-electron chi connectivity index (χ3n) is 6.82. The monoisotopic (exact) mass is 500 g/mol. The van der Waals surface area contributed by atoms with E-state index in [9.17, 15) is 0 Å². The Bertz CT molecular complexity index is 1080. The lowest BCUT2D eigenvalue weighted by Crippen LogP contribution is -2.44. The van der Waals surface area contributed by atoms with Gasteiger partial charge in [0.1, 0.15) is 5.82 Å². The van der Waals surface area contributed by atoms with Gasteiger partial charge in [-0.05, 0) is 43.3 Å². The Labute approximate surface area is 224 Å². The van der Waals surface area contributed by atoms with Crippen molar-refractivity contribution in [2.45, 2.75) is 46.0 Å². The molecule has 1 saturated heterocycles. The highest BCUT2D eigenvalue weighted by Crippen LogP contribution is 2.31. The Kier molecular flexibility index (Phi) is 13.2. The van der Waals surface area contributed by atoms with Crippen LogP contribution in [-0.2, 0) is 0 Å². The van der Waals surface area contributed by atoms with Crippen LogP contribution in [-0.4, -0.2) is 65.0 Å². The molecule has 0 spiro atoms. The molecule has 3 aromatic rings. The third kappa shape index (κ3) is 8.87. The first-order valence-corrected chi connectivity index (χ1v) is 13.4. The first-order valence-electron chi connectivity index (χ1n) is 13.4. The van der Waals surface area contributed by atoms with Crippen LogP contribution < -0.4 is 5.32 Å². The molecule has 5 rings (SSSR count). The normalized spacial score (nSPS) is 15.7. The summed E-state index contributed by atoms with van der Waals surface area (Å²) in [5, 5.41) is 5.29. The Morgan fingerprint density at radius 2 is 1.62 bits per heavy atom. The fraction of sp³-hybridized carbons (Fsp3) is 0.452. The summed E-state index contributed by atoms with van der Waals surface area (Å²) in [6, 6.07) is 8.20. The van der Waals surface area contributed by atoms with Crippen molar-refractivity contribution in [2.24, 2.45) is 5.92 Å². The van der Waals surface area contributed by atoms with Crippen LogP contribution in [0.15, 0.2) is 61.3 Å². The van der Waals surface area contributed by atoms with Gasteiger partial charge in [0.2, 0.25) is 0 Å². The van der Waals surface area contributed by atoms with Gasteiger partial charge < -0.3 is 15.1 Å². The Morgan fingerprint density at radius 3 is 2.24 bits per heavy atom. The van der Waals surface area contributed by atoms with E-state index in [-0.39, 0.29) is 0 Å². The van der Waals surface area contributed by atoms with Crippen LogP contribution in [0.3, 0.4) is 0 Å². The molecule has 2 aliphatic rings. The number of rotatable bonds is 4. The third-order valence-corrected chi connectivity index (χ3v) is 6.82. The van der Waals surface area contributed by atoms with E-state index in [1.165, 1.54) is 64.0 Å². The molecule has 1 N–H and O–H groups in total. The summed E-state index contributed by atoms with van der Waals surface area (Å²) in [4.78, 5) is 17.6. The maximum atomic E-state index is 4.33. The van der Waals surface area contributed by atoms with Crippen molar-refractivity contribution in [1.29, 1.82) is 0 Å². The fourth-order valence-corrected chi connectivity index (χ4v) is 4.67. The maximum absolute atomic E-state index is 4.33. The van der Waals surface area contributed by atoms with E-state index in [0.29, 0.717) is 0 Å². The van der Waals surface area contributed by atoms with Crippen molar-refractivity contribution >= 4 is 16.6 Å². The van der Waals surface area contributed by atoms with Crippen LogP contribution in [0.2, 0.25) is 0 Å². The second-order valence-corrected chi connectivity index (χ2v) is 9.09. The number of allylic oxidation sites excluding steroid dienone is 1. The second-order valence-electron chi connectivity index (χ2n) is 9.09. The maximum Gasteiger partial charge on any atom is 0.126 e. The predicted molar refractivity (Wildman–Crippen MR) is 158 cm³/mol. The summed E-state index contributed by atoms with van der Waals surface area (Å²) in [7, 11) is 4.07. The van der Waals surface area contributed by atoms with E-state index < -0.39 is 0 Å². The lowest BCUT2D eigenvalue weighted by molar-refractivity contribution is 0.166. The summed E-state index contributed by atoms with van der Waals surface area (Å²) >= 11 is 0. The minimum Gasteiger partial charge on any atom is -0.373 e. The average molecular weight is 501 g/mol. The quantitative estimate of drug-likeness (QED) is 0.422. The number of nitrogens with one attached hydrogen (secondary N) is 1. The van der Waals surface area contributed by atoms with Crippen LogP contribution in [0, 0.1) is 18.8 Å². The number of terminal acetylenes is 1. The molecular formula is C31H44N6. The van der Waals surface area contributed by atoms with Crippen molar-refractivity contribution in [1.82, 2.24) is 24.8 Å². The van der Waals surface area contributed by atoms with Crippen molar-refractivity contribution in [3.05, 3.63) is 61.3 Å². The molecule has 0 amide bonds. The molecular weight excluding hydrogens is 456 g/mol. The molecule has 6 nitrogen and oxygen atoms in total. The van der Waals surface area contributed by atoms with Crippen LogP contribution >= 0.6 is 0 Å².